The minimum atomic E-state index is -4.39. The van der Waals surface area contributed by atoms with E-state index in [-0.39, 0.29) is 22.2 Å². The van der Waals surface area contributed by atoms with E-state index in [4.69, 9.17) is 0 Å². The molecule has 0 saturated carbocycles. The number of hydrogen-bond acceptors (Lipinski definition) is 2. The van der Waals surface area contributed by atoms with Crippen molar-refractivity contribution in [1.29, 1.82) is 0 Å². The van der Waals surface area contributed by atoms with Gasteiger partial charge in [-0.3, -0.25) is 9.00 Å². The minimum absolute atomic E-state index is 0.0795. The number of rotatable bonds is 2. The Kier molecular flexibility index (Phi) is 4.14. The Balaban J connectivity index is 1.75. The van der Waals surface area contributed by atoms with Crippen LogP contribution in [0.15, 0.2) is 24.3 Å². The van der Waals surface area contributed by atoms with Crippen LogP contribution in [-0.2, 0) is 17.0 Å². The Morgan fingerprint density at radius 1 is 1.05 bits per heavy atom. The van der Waals surface area contributed by atoms with Crippen LogP contribution in [0.3, 0.4) is 0 Å². The number of carbonyl (C=O) groups excluding carboxylic acids is 1. The van der Waals surface area contributed by atoms with E-state index in [0.717, 1.165) is 31.4 Å². The Bertz CT molecular complexity index is 578. The van der Waals surface area contributed by atoms with E-state index in [0.29, 0.717) is 18.4 Å². The SMILES string of the molecule is O=C(c1ccc(C(F)(F)F)cc1)C1CC2CCCC(C1)S2=O. The van der Waals surface area contributed by atoms with Gasteiger partial charge in [0.2, 0.25) is 0 Å². The molecule has 2 bridgehead atoms. The average molecular weight is 330 g/mol. The lowest BCUT2D eigenvalue weighted by Gasteiger charge is -2.37. The molecule has 2 nitrogen and oxygen atoms in total. The zero-order chi connectivity index (χ0) is 15.9. The third kappa shape index (κ3) is 2.98. The summed E-state index contributed by atoms with van der Waals surface area (Å²) in [6.45, 7) is 0. The third-order valence-corrected chi connectivity index (χ3v) is 6.84. The van der Waals surface area contributed by atoms with E-state index >= 15 is 0 Å². The van der Waals surface area contributed by atoms with Crippen molar-refractivity contribution in [3.63, 3.8) is 0 Å². The first-order chi connectivity index (χ1) is 10.4. The number of hydrogen-bond donors (Lipinski definition) is 0. The number of Topliss-reactive ketones (excluding diaryl/α,β-unsaturated/α-hetero) is 1. The quantitative estimate of drug-likeness (QED) is 0.769. The maximum Gasteiger partial charge on any atom is 0.416 e. The fourth-order valence-electron chi connectivity index (χ4n) is 3.51. The average Bonchev–Trinajstić information content (AvgIpc) is 2.45. The molecule has 0 aromatic heterocycles. The van der Waals surface area contributed by atoms with Crippen molar-refractivity contribution in [3.05, 3.63) is 35.4 Å². The predicted octanol–water partition coefficient (Wildman–Crippen LogP) is 3.97. The van der Waals surface area contributed by atoms with E-state index in [2.05, 4.69) is 0 Å². The molecule has 0 spiro atoms. The first kappa shape index (κ1) is 15.7. The van der Waals surface area contributed by atoms with Crippen molar-refractivity contribution in [2.45, 2.75) is 48.8 Å². The molecule has 0 aliphatic carbocycles. The third-order valence-electron chi connectivity index (χ3n) is 4.67. The highest BCUT2D eigenvalue weighted by molar-refractivity contribution is 7.86. The van der Waals surface area contributed by atoms with Gasteiger partial charge in [-0.05, 0) is 37.8 Å². The molecule has 2 aliphatic rings. The lowest BCUT2D eigenvalue weighted by atomic mass is 9.84. The second kappa shape index (κ2) is 5.80. The van der Waals surface area contributed by atoms with E-state index in [1.165, 1.54) is 12.1 Å². The van der Waals surface area contributed by atoms with Crippen LogP contribution >= 0.6 is 0 Å². The molecule has 1 aromatic rings. The molecule has 2 unspecified atom stereocenters. The summed E-state index contributed by atoms with van der Waals surface area (Å²) in [6, 6.07) is 4.42. The molecule has 3 rings (SSSR count). The molecule has 2 aliphatic heterocycles. The fraction of sp³-hybridized carbons (Fsp3) is 0.562. The van der Waals surface area contributed by atoms with Crippen LogP contribution in [0.4, 0.5) is 13.2 Å². The Morgan fingerprint density at radius 2 is 1.59 bits per heavy atom. The van der Waals surface area contributed by atoms with Crippen LogP contribution in [-0.4, -0.2) is 20.5 Å². The van der Waals surface area contributed by atoms with Crippen molar-refractivity contribution in [2.75, 3.05) is 0 Å². The summed E-state index contributed by atoms with van der Waals surface area (Å²) in [5, 5.41) is 0.159. The lowest BCUT2D eigenvalue weighted by Crippen LogP contribution is -2.41. The summed E-state index contributed by atoms with van der Waals surface area (Å²) in [4.78, 5) is 12.5. The molecular formula is C16H17F3O2S. The Hall–Kier alpha value is -1.17. The molecule has 6 heteroatoms. The number of ketones is 1. The van der Waals surface area contributed by atoms with Gasteiger partial charge in [-0.15, -0.1) is 0 Å². The van der Waals surface area contributed by atoms with E-state index in [9.17, 15) is 22.2 Å². The minimum Gasteiger partial charge on any atom is -0.294 e. The van der Waals surface area contributed by atoms with Gasteiger partial charge in [0.25, 0.3) is 0 Å². The van der Waals surface area contributed by atoms with Crippen LogP contribution in [0, 0.1) is 5.92 Å². The second-order valence-electron chi connectivity index (χ2n) is 6.11. The molecule has 120 valence electrons. The summed E-state index contributed by atoms with van der Waals surface area (Å²) in [5.41, 5.74) is -0.422. The Morgan fingerprint density at radius 3 is 2.09 bits per heavy atom. The van der Waals surface area contributed by atoms with Gasteiger partial charge >= 0.3 is 6.18 Å². The van der Waals surface area contributed by atoms with Gasteiger partial charge in [0.05, 0.1) is 5.56 Å². The number of halogens is 3. The maximum atomic E-state index is 12.6. The molecular weight excluding hydrogens is 313 g/mol. The zero-order valence-electron chi connectivity index (χ0n) is 11.9. The smallest absolute Gasteiger partial charge is 0.294 e. The monoisotopic (exact) mass is 330 g/mol. The van der Waals surface area contributed by atoms with Gasteiger partial charge in [-0.1, -0.05) is 18.6 Å². The summed E-state index contributed by atoms with van der Waals surface area (Å²) >= 11 is 0. The van der Waals surface area contributed by atoms with Crippen molar-refractivity contribution in [3.8, 4) is 0 Å². The number of carbonyl (C=O) groups is 1. The molecule has 2 atom stereocenters. The van der Waals surface area contributed by atoms with Crippen LogP contribution in [0.1, 0.15) is 48.0 Å². The van der Waals surface area contributed by atoms with Crippen LogP contribution in [0.5, 0.6) is 0 Å². The second-order valence-corrected chi connectivity index (χ2v) is 8.10. The van der Waals surface area contributed by atoms with Gasteiger partial charge in [0, 0.05) is 32.8 Å². The molecule has 22 heavy (non-hydrogen) atoms. The topological polar surface area (TPSA) is 34.1 Å². The largest absolute Gasteiger partial charge is 0.416 e. The summed E-state index contributed by atoms with van der Waals surface area (Å²) < 4.78 is 49.8. The molecule has 0 N–H and O–H groups in total. The van der Waals surface area contributed by atoms with Crippen LogP contribution in [0.25, 0.3) is 0 Å². The van der Waals surface area contributed by atoms with Gasteiger partial charge in [0.15, 0.2) is 5.78 Å². The van der Waals surface area contributed by atoms with E-state index in [1.54, 1.807) is 0 Å². The number of fused-ring (bicyclic) bond motifs is 2. The molecule has 2 saturated heterocycles. The molecule has 2 fully saturated rings. The summed E-state index contributed by atoms with van der Waals surface area (Å²) in [7, 11) is -0.846. The highest BCUT2D eigenvalue weighted by Gasteiger charge is 2.40. The van der Waals surface area contributed by atoms with Crippen molar-refractivity contribution >= 4 is 16.6 Å². The number of benzene rings is 1. The summed E-state index contributed by atoms with van der Waals surface area (Å²) in [5.74, 6) is -0.313. The van der Waals surface area contributed by atoms with Crippen molar-refractivity contribution in [1.82, 2.24) is 0 Å². The van der Waals surface area contributed by atoms with Gasteiger partial charge in [0.1, 0.15) is 0 Å². The highest BCUT2D eigenvalue weighted by Crippen LogP contribution is 2.38. The molecule has 0 radical (unpaired) electrons. The van der Waals surface area contributed by atoms with Crippen LogP contribution in [0.2, 0.25) is 0 Å². The number of alkyl halides is 3. The van der Waals surface area contributed by atoms with Gasteiger partial charge in [-0.2, -0.15) is 13.2 Å². The highest BCUT2D eigenvalue weighted by atomic mass is 32.2. The zero-order valence-corrected chi connectivity index (χ0v) is 12.8. The first-order valence-corrected chi connectivity index (χ1v) is 8.74. The first-order valence-electron chi connectivity index (χ1n) is 7.47. The maximum absolute atomic E-state index is 12.6. The lowest BCUT2D eigenvalue weighted by molar-refractivity contribution is -0.137. The van der Waals surface area contributed by atoms with E-state index < -0.39 is 22.5 Å². The van der Waals surface area contributed by atoms with Crippen molar-refractivity contribution < 1.29 is 22.2 Å². The normalized spacial score (nSPS) is 31.8. The Labute approximate surface area is 129 Å². The van der Waals surface area contributed by atoms with Gasteiger partial charge < -0.3 is 0 Å². The molecule has 0 amide bonds. The van der Waals surface area contributed by atoms with E-state index in [1.807, 2.05) is 0 Å². The fourth-order valence-corrected chi connectivity index (χ4v) is 5.69. The standard InChI is InChI=1S/C16H17F3O2S/c17-16(18,19)12-6-4-10(5-7-12)15(20)11-8-13-2-1-3-14(9-11)22(13)21/h4-7,11,13-14H,1-3,8-9H2. The summed E-state index contributed by atoms with van der Waals surface area (Å²) in [6.07, 6.45) is -0.353. The molecule has 1 aromatic carbocycles. The van der Waals surface area contributed by atoms with Crippen LogP contribution < -0.4 is 0 Å². The predicted molar refractivity (Wildman–Crippen MR) is 78.1 cm³/mol. The van der Waals surface area contributed by atoms with Crippen molar-refractivity contribution in [2.24, 2.45) is 5.92 Å². The molecule has 2 heterocycles. The van der Waals surface area contributed by atoms with Gasteiger partial charge in [-0.25, -0.2) is 0 Å².